The Morgan fingerprint density at radius 2 is 2.22 bits per heavy atom. The standard InChI is InChI=1S/C12H18N2O3S/c1-3-17-12(15)9-4-5-10(13)11(8-9)14-6-7-18(2)16/h4-5,8,14H,3,6-7,13H2,1-2H3. The second-order valence-electron chi connectivity index (χ2n) is 3.73. The quantitative estimate of drug-likeness (QED) is 0.600. The highest BCUT2D eigenvalue weighted by Crippen LogP contribution is 2.20. The molecule has 1 aromatic rings. The van der Waals surface area contributed by atoms with Crippen LogP contribution in [0.4, 0.5) is 11.4 Å². The van der Waals surface area contributed by atoms with E-state index in [0.717, 1.165) is 0 Å². The maximum atomic E-state index is 11.6. The van der Waals surface area contributed by atoms with Gasteiger partial charge in [-0.25, -0.2) is 4.79 Å². The fourth-order valence-corrected chi connectivity index (χ4v) is 1.77. The van der Waals surface area contributed by atoms with Crippen LogP contribution in [-0.4, -0.2) is 35.3 Å². The minimum Gasteiger partial charge on any atom is -0.462 e. The molecule has 0 aromatic heterocycles. The Kier molecular flexibility index (Phi) is 5.64. The number of ether oxygens (including phenoxy) is 1. The van der Waals surface area contributed by atoms with Gasteiger partial charge in [-0.3, -0.25) is 4.21 Å². The average Bonchev–Trinajstić information content (AvgIpc) is 2.31. The van der Waals surface area contributed by atoms with Gasteiger partial charge in [0.15, 0.2) is 0 Å². The zero-order chi connectivity index (χ0) is 13.5. The third kappa shape index (κ3) is 4.37. The Morgan fingerprint density at radius 3 is 2.83 bits per heavy atom. The summed E-state index contributed by atoms with van der Waals surface area (Å²) in [5.74, 6) is 0.155. The smallest absolute Gasteiger partial charge is 0.338 e. The summed E-state index contributed by atoms with van der Waals surface area (Å²) >= 11 is 0. The Bertz CT molecular complexity index is 449. The van der Waals surface area contributed by atoms with E-state index in [1.54, 1.807) is 31.4 Å². The zero-order valence-electron chi connectivity index (χ0n) is 10.6. The first-order chi connectivity index (χ1) is 8.54. The molecular formula is C12H18N2O3S. The Morgan fingerprint density at radius 1 is 1.50 bits per heavy atom. The van der Waals surface area contributed by atoms with Crippen LogP contribution in [0.3, 0.4) is 0 Å². The van der Waals surface area contributed by atoms with E-state index in [2.05, 4.69) is 5.32 Å². The van der Waals surface area contributed by atoms with Crippen LogP contribution >= 0.6 is 0 Å². The number of carbonyl (C=O) groups is 1. The molecule has 0 bridgehead atoms. The predicted octanol–water partition coefficient (Wildman–Crippen LogP) is 1.24. The molecule has 0 heterocycles. The molecular weight excluding hydrogens is 252 g/mol. The second kappa shape index (κ2) is 7.00. The van der Waals surface area contributed by atoms with Gasteiger partial charge in [-0.2, -0.15) is 0 Å². The highest BCUT2D eigenvalue weighted by molar-refractivity contribution is 7.84. The number of nitrogens with two attached hydrogens (primary N) is 1. The van der Waals surface area contributed by atoms with Crippen molar-refractivity contribution in [3.63, 3.8) is 0 Å². The molecule has 100 valence electrons. The van der Waals surface area contributed by atoms with E-state index in [1.807, 2.05) is 0 Å². The molecule has 1 aromatic carbocycles. The van der Waals surface area contributed by atoms with Crippen LogP contribution in [0.1, 0.15) is 17.3 Å². The van der Waals surface area contributed by atoms with Crippen molar-refractivity contribution in [2.45, 2.75) is 6.92 Å². The van der Waals surface area contributed by atoms with Crippen molar-refractivity contribution in [1.82, 2.24) is 0 Å². The molecule has 0 radical (unpaired) electrons. The van der Waals surface area contributed by atoms with Gasteiger partial charge in [0.25, 0.3) is 0 Å². The van der Waals surface area contributed by atoms with Gasteiger partial charge in [-0.1, -0.05) is 0 Å². The molecule has 0 saturated carbocycles. The largest absolute Gasteiger partial charge is 0.462 e. The third-order valence-corrected chi connectivity index (χ3v) is 3.05. The topological polar surface area (TPSA) is 81.4 Å². The van der Waals surface area contributed by atoms with E-state index < -0.39 is 10.8 Å². The van der Waals surface area contributed by atoms with Crippen molar-refractivity contribution >= 4 is 28.1 Å². The minimum absolute atomic E-state index is 0.334. The molecule has 3 N–H and O–H groups in total. The summed E-state index contributed by atoms with van der Waals surface area (Å²) in [5.41, 5.74) is 7.44. The summed E-state index contributed by atoms with van der Waals surface area (Å²) in [6, 6.07) is 4.92. The first-order valence-corrected chi connectivity index (χ1v) is 7.38. The molecule has 0 aliphatic rings. The molecule has 0 spiro atoms. The highest BCUT2D eigenvalue weighted by Gasteiger charge is 2.09. The van der Waals surface area contributed by atoms with Crippen molar-refractivity contribution < 1.29 is 13.7 Å². The van der Waals surface area contributed by atoms with Gasteiger partial charge in [0.1, 0.15) is 0 Å². The third-order valence-electron chi connectivity index (χ3n) is 2.27. The molecule has 0 saturated heterocycles. The van der Waals surface area contributed by atoms with E-state index >= 15 is 0 Å². The fraction of sp³-hybridized carbons (Fsp3) is 0.417. The zero-order valence-corrected chi connectivity index (χ0v) is 11.4. The second-order valence-corrected chi connectivity index (χ2v) is 5.28. The summed E-state index contributed by atoms with van der Waals surface area (Å²) in [5, 5.41) is 3.06. The van der Waals surface area contributed by atoms with E-state index in [4.69, 9.17) is 10.5 Å². The van der Waals surface area contributed by atoms with Gasteiger partial charge in [-0.15, -0.1) is 0 Å². The molecule has 1 rings (SSSR count). The molecule has 0 aliphatic carbocycles. The van der Waals surface area contributed by atoms with Crippen LogP contribution in [0.5, 0.6) is 0 Å². The lowest BCUT2D eigenvalue weighted by molar-refractivity contribution is 0.0526. The molecule has 0 fully saturated rings. The Hall–Kier alpha value is -1.56. The van der Waals surface area contributed by atoms with E-state index in [-0.39, 0.29) is 5.97 Å². The lowest BCUT2D eigenvalue weighted by Crippen LogP contribution is -2.12. The van der Waals surface area contributed by atoms with Crippen molar-refractivity contribution in [3.8, 4) is 0 Å². The van der Waals surface area contributed by atoms with Crippen molar-refractivity contribution in [2.24, 2.45) is 0 Å². The SMILES string of the molecule is CCOC(=O)c1ccc(N)c(NCCS(C)=O)c1. The van der Waals surface area contributed by atoms with E-state index in [9.17, 15) is 9.00 Å². The number of carbonyl (C=O) groups excluding carboxylic acids is 1. The molecule has 6 heteroatoms. The molecule has 5 nitrogen and oxygen atoms in total. The van der Waals surface area contributed by atoms with Crippen molar-refractivity contribution in [2.75, 3.05) is 36.2 Å². The number of rotatable bonds is 6. The number of nitrogen functional groups attached to an aromatic ring is 1. The van der Waals surface area contributed by atoms with Crippen LogP contribution in [-0.2, 0) is 15.5 Å². The summed E-state index contributed by atoms with van der Waals surface area (Å²) in [4.78, 5) is 11.6. The molecule has 0 amide bonds. The number of esters is 1. The van der Waals surface area contributed by atoms with Gasteiger partial charge in [0.2, 0.25) is 0 Å². The highest BCUT2D eigenvalue weighted by atomic mass is 32.2. The summed E-state index contributed by atoms with van der Waals surface area (Å²) in [6.07, 6.45) is 1.64. The summed E-state index contributed by atoms with van der Waals surface area (Å²) < 4.78 is 15.9. The number of hydrogen-bond acceptors (Lipinski definition) is 5. The van der Waals surface area contributed by atoms with E-state index in [0.29, 0.717) is 35.8 Å². The van der Waals surface area contributed by atoms with Crippen LogP contribution < -0.4 is 11.1 Å². The van der Waals surface area contributed by atoms with Gasteiger partial charge >= 0.3 is 5.97 Å². The Labute approximate surface area is 109 Å². The Balaban J connectivity index is 2.74. The molecule has 1 unspecified atom stereocenters. The molecule has 1 atom stereocenters. The van der Waals surface area contributed by atoms with Crippen molar-refractivity contribution in [1.29, 1.82) is 0 Å². The van der Waals surface area contributed by atoms with Crippen LogP contribution in [0.25, 0.3) is 0 Å². The van der Waals surface area contributed by atoms with E-state index in [1.165, 1.54) is 0 Å². The monoisotopic (exact) mass is 270 g/mol. The van der Waals surface area contributed by atoms with Crippen LogP contribution in [0, 0.1) is 0 Å². The van der Waals surface area contributed by atoms with Gasteiger partial charge in [0.05, 0.1) is 23.5 Å². The van der Waals surface area contributed by atoms with Crippen LogP contribution in [0.15, 0.2) is 18.2 Å². The first-order valence-electron chi connectivity index (χ1n) is 5.65. The summed E-state index contributed by atoms with van der Waals surface area (Å²) in [7, 11) is -0.858. The van der Waals surface area contributed by atoms with Gasteiger partial charge < -0.3 is 15.8 Å². The lowest BCUT2D eigenvalue weighted by atomic mass is 10.1. The number of benzene rings is 1. The molecule has 18 heavy (non-hydrogen) atoms. The predicted molar refractivity (Wildman–Crippen MR) is 74.2 cm³/mol. The number of anilines is 2. The average molecular weight is 270 g/mol. The minimum atomic E-state index is -0.858. The number of hydrogen-bond donors (Lipinski definition) is 2. The number of nitrogens with one attached hydrogen (secondary N) is 1. The maximum Gasteiger partial charge on any atom is 0.338 e. The normalized spacial score (nSPS) is 11.9. The summed E-state index contributed by atoms with van der Waals surface area (Å²) in [6.45, 7) is 2.63. The fourth-order valence-electron chi connectivity index (χ4n) is 1.38. The van der Waals surface area contributed by atoms with Gasteiger partial charge in [0, 0.05) is 29.4 Å². The van der Waals surface area contributed by atoms with Gasteiger partial charge in [-0.05, 0) is 25.1 Å². The molecule has 0 aliphatic heterocycles. The van der Waals surface area contributed by atoms with Crippen molar-refractivity contribution in [3.05, 3.63) is 23.8 Å². The maximum absolute atomic E-state index is 11.6. The first kappa shape index (κ1) is 14.5. The van der Waals surface area contributed by atoms with Crippen LogP contribution in [0.2, 0.25) is 0 Å². The lowest BCUT2D eigenvalue weighted by Gasteiger charge is -2.10.